The lowest BCUT2D eigenvalue weighted by Gasteiger charge is -1.98. The number of hydrogen-bond acceptors (Lipinski definition) is 6. The van der Waals surface area contributed by atoms with Crippen molar-refractivity contribution in [3.8, 4) is 23.0 Å². The number of rotatable bonds is 4. The maximum absolute atomic E-state index is 7.37. The smallest absolute Gasteiger partial charge is 0.171 e. The molecule has 0 atom stereocenters. The summed E-state index contributed by atoms with van der Waals surface area (Å²) < 4.78 is 88.2. The summed E-state index contributed by atoms with van der Waals surface area (Å²) in [6, 6.07) is 0. The zero-order valence-electron chi connectivity index (χ0n) is 19.0. The summed E-state index contributed by atoms with van der Waals surface area (Å²) in [7, 11) is -5.88. The third-order valence-electron chi connectivity index (χ3n) is 1.60. The first-order chi connectivity index (χ1) is 12.9. The van der Waals surface area contributed by atoms with Crippen LogP contribution in [0.3, 0.4) is 0 Å². The van der Waals surface area contributed by atoms with E-state index in [1.165, 1.54) is 16.7 Å². The van der Waals surface area contributed by atoms with E-state index >= 15 is 0 Å². The molecule has 6 heteroatoms. The molecule has 0 aliphatic rings. The molecule has 0 unspecified atom stereocenters. The fourth-order valence-corrected chi connectivity index (χ4v) is 2.01. The van der Waals surface area contributed by atoms with Crippen LogP contribution in [0.2, 0.25) is 0 Å². The molecule has 0 bridgehead atoms. The first-order valence-electron chi connectivity index (χ1n) is 9.67. The normalized spacial score (nSPS) is 18.4. The van der Waals surface area contributed by atoms with E-state index in [0.717, 1.165) is 11.3 Å². The summed E-state index contributed by atoms with van der Waals surface area (Å²) >= 11 is 1.99. The zero-order valence-corrected chi connectivity index (χ0v) is 10.7. The van der Waals surface area contributed by atoms with Crippen molar-refractivity contribution in [1.82, 2.24) is 0 Å². The van der Waals surface area contributed by atoms with Gasteiger partial charge in [-0.15, -0.1) is 22.7 Å². The maximum Gasteiger partial charge on any atom is 0.171 e. The van der Waals surface area contributed by atoms with Crippen molar-refractivity contribution in [3.63, 3.8) is 0 Å². The van der Waals surface area contributed by atoms with Crippen molar-refractivity contribution in [3.05, 3.63) is 21.5 Å². The Hall–Kier alpha value is -1.40. The third kappa shape index (κ3) is 3.82. The van der Waals surface area contributed by atoms with Gasteiger partial charge in [-0.1, -0.05) is 0 Å². The summed E-state index contributed by atoms with van der Waals surface area (Å²) in [6.07, 6.45) is 0. The van der Waals surface area contributed by atoms with Crippen LogP contribution < -0.4 is 18.9 Å². The quantitative estimate of drug-likeness (QED) is 0.865. The van der Waals surface area contributed by atoms with Crippen LogP contribution in [-0.2, 0) is 0 Å². The monoisotopic (exact) mass is 298 g/mol. The van der Waals surface area contributed by atoms with Gasteiger partial charge in [-0.25, -0.2) is 0 Å². The second-order valence-corrected chi connectivity index (χ2v) is 3.91. The highest BCUT2D eigenvalue weighted by molar-refractivity contribution is 7.08. The predicted octanol–water partition coefficient (Wildman–Crippen LogP) is 3.53. The largest absolute Gasteiger partial charge is 0.492 e. The number of methoxy groups -OCH3 is 4. The number of hydrogen-bond donors (Lipinski definition) is 0. The second-order valence-electron chi connectivity index (χ2n) is 2.56. The molecule has 4 nitrogen and oxygen atoms in total. The molecule has 0 aliphatic carbocycles. The first-order valence-corrected chi connectivity index (χ1v) is 6.02. The molecule has 18 heavy (non-hydrogen) atoms. The van der Waals surface area contributed by atoms with E-state index in [0.29, 0.717) is 5.75 Å². The molecule has 0 amide bonds. The fourth-order valence-electron chi connectivity index (χ4n) is 0.826. The van der Waals surface area contributed by atoms with Gasteiger partial charge in [-0.05, 0) is 0 Å². The van der Waals surface area contributed by atoms with Crippen LogP contribution in [0.1, 0.15) is 13.7 Å². The highest BCUT2D eigenvalue weighted by Gasteiger charge is 2.01. The molecule has 2 heterocycles. The van der Waals surface area contributed by atoms with Gasteiger partial charge >= 0.3 is 0 Å². The Balaban J connectivity index is 0.000000283. The predicted molar refractivity (Wildman–Crippen MR) is 74.8 cm³/mol. The highest BCUT2D eigenvalue weighted by Crippen LogP contribution is 2.30. The summed E-state index contributed by atoms with van der Waals surface area (Å²) in [6.45, 7) is 0. The molecule has 0 radical (unpaired) electrons. The third-order valence-corrected chi connectivity index (χ3v) is 2.87. The van der Waals surface area contributed by atoms with E-state index in [2.05, 4.69) is 9.47 Å². The molecule has 0 spiro atoms. The molecular formula is C12H16O4S2. The van der Waals surface area contributed by atoms with E-state index in [1.807, 2.05) is 0 Å². The zero-order chi connectivity index (χ0) is 21.5. The average molecular weight is 298 g/mol. The van der Waals surface area contributed by atoms with Crippen LogP contribution in [0.15, 0.2) is 21.5 Å². The minimum atomic E-state index is -2.69. The van der Waals surface area contributed by atoms with Gasteiger partial charge in [0, 0.05) is 21.5 Å². The minimum Gasteiger partial charge on any atom is -0.492 e. The molecule has 0 aromatic carbocycles. The van der Waals surface area contributed by atoms with Crippen LogP contribution in [0.25, 0.3) is 0 Å². The summed E-state index contributed by atoms with van der Waals surface area (Å²) in [5, 5.41) is 2.80. The van der Waals surface area contributed by atoms with Gasteiger partial charge in [0.25, 0.3) is 0 Å². The van der Waals surface area contributed by atoms with Crippen LogP contribution in [-0.4, -0.2) is 28.2 Å². The van der Waals surface area contributed by atoms with Crippen LogP contribution >= 0.6 is 22.7 Å². The molecule has 0 aliphatic heterocycles. The summed E-state index contributed by atoms with van der Waals surface area (Å²) in [5.74, 6) is 0.0155. The SMILES string of the molecule is [2H]COc1c([2H])sc([2H])c1OC([2H])([2H])[2H].[2H]COc1cscc1OC([2H])([2H])[2H]. The van der Waals surface area contributed by atoms with Crippen LogP contribution in [0.4, 0.5) is 0 Å². The van der Waals surface area contributed by atoms with Crippen molar-refractivity contribution in [2.24, 2.45) is 0 Å². The summed E-state index contributed by atoms with van der Waals surface area (Å²) in [4.78, 5) is 0. The van der Waals surface area contributed by atoms with Gasteiger partial charge in [0.05, 0.1) is 42.0 Å². The number of ether oxygens (including phenoxy) is 4. The lowest BCUT2D eigenvalue weighted by Crippen LogP contribution is -1.84. The molecule has 100 valence electrons. The van der Waals surface area contributed by atoms with Crippen molar-refractivity contribution in [2.45, 2.75) is 0 Å². The van der Waals surface area contributed by atoms with E-state index in [4.69, 9.17) is 23.2 Å². The molecule has 2 rings (SSSR count). The Morgan fingerprint density at radius 3 is 2.06 bits per heavy atom. The van der Waals surface area contributed by atoms with Gasteiger partial charge in [0.1, 0.15) is 0 Å². The van der Waals surface area contributed by atoms with Crippen molar-refractivity contribution >= 4 is 22.7 Å². The highest BCUT2D eigenvalue weighted by atomic mass is 32.1. The number of thiophene rings is 2. The van der Waals surface area contributed by atoms with Crippen molar-refractivity contribution < 1.29 is 32.7 Å². The Morgan fingerprint density at radius 2 is 1.39 bits per heavy atom. The van der Waals surface area contributed by atoms with E-state index in [9.17, 15) is 0 Å². The van der Waals surface area contributed by atoms with Gasteiger partial charge in [0.15, 0.2) is 23.0 Å². The Bertz CT molecular complexity index is 740. The second kappa shape index (κ2) is 7.84. The lowest BCUT2D eigenvalue weighted by atomic mass is 10.5. The molecule has 2 aromatic rings. The Labute approximate surface area is 129 Å². The van der Waals surface area contributed by atoms with Gasteiger partial charge in [-0.2, -0.15) is 0 Å². The molecule has 0 saturated carbocycles. The van der Waals surface area contributed by atoms with Gasteiger partial charge in [-0.3, -0.25) is 0 Å². The minimum absolute atomic E-state index is 0.119. The topological polar surface area (TPSA) is 36.9 Å². The standard InChI is InChI=1S/2C6H8O2S/c2*1-7-5-3-9-4-6(5)8-2/h2*3-4H,1-2H3/i1D,2D3,3D,4D;1D,2D3. The molecule has 0 saturated heterocycles. The van der Waals surface area contributed by atoms with Crippen molar-refractivity contribution in [2.75, 3.05) is 28.2 Å². The van der Waals surface area contributed by atoms with Crippen LogP contribution in [0, 0.1) is 0 Å². The van der Waals surface area contributed by atoms with E-state index in [-0.39, 0.29) is 35.0 Å². The van der Waals surface area contributed by atoms with Crippen LogP contribution in [0.5, 0.6) is 23.0 Å². The van der Waals surface area contributed by atoms with E-state index in [1.54, 1.807) is 5.38 Å². The first kappa shape index (κ1) is 5.71. The van der Waals surface area contributed by atoms with Gasteiger partial charge in [0.2, 0.25) is 0 Å². The lowest BCUT2D eigenvalue weighted by molar-refractivity contribution is 0.358. The molecule has 0 fully saturated rings. The Kier molecular flexibility index (Phi) is 2.49. The average Bonchev–Trinajstić information content (AvgIpc) is 3.05. The molecular weight excluding hydrogens is 272 g/mol. The molecule has 2 aromatic heterocycles. The fraction of sp³-hybridized carbons (Fsp3) is 0.333. The van der Waals surface area contributed by atoms with E-state index < -0.39 is 21.2 Å². The molecule has 0 N–H and O–H groups in total. The summed E-state index contributed by atoms with van der Waals surface area (Å²) in [5.41, 5.74) is 0. The maximum atomic E-state index is 7.37. The Morgan fingerprint density at radius 1 is 0.833 bits per heavy atom. The van der Waals surface area contributed by atoms with Crippen molar-refractivity contribution in [1.29, 1.82) is 0 Å². The van der Waals surface area contributed by atoms with Gasteiger partial charge < -0.3 is 18.9 Å².